The monoisotopic (exact) mass is 576 g/mol. The van der Waals surface area contributed by atoms with Gasteiger partial charge in [-0.1, -0.05) is 19.8 Å². The van der Waals surface area contributed by atoms with Crippen LogP contribution in [0.15, 0.2) is 33.5 Å². The summed E-state index contributed by atoms with van der Waals surface area (Å²) in [5, 5.41) is 0.828. The van der Waals surface area contributed by atoms with Gasteiger partial charge in [-0.25, -0.2) is 4.79 Å². The molecule has 1 heterocycles. The van der Waals surface area contributed by atoms with Crippen LogP contribution >= 0.6 is 15.9 Å². The zero-order valence-corrected chi connectivity index (χ0v) is 23.6. The summed E-state index contributed by atoms with van der Waals surface area (Å²) >= 11 is 3.54. The number of rotatable bonds is 11. The zero-order chi connectivity index (χ0) is 27.3. The molecule has 37 heavy (non-hydrogen) atoms. The lowest BCUT2D eigenvalue weighted by atomic mass is 9.95. The Balaban J connectivity index is 2.53. The van der Waals surface area contributed by atoms with Gasteiger partial charge in [0.15, 0.2) is 23.0 Å². The van der Waals surface area contributed by atoms with Gasteiger partial charge < -0.3 is 29.4 Å². The number of benzene rings is 2. The number of nitrogens with two attached hydrogens (primary N) is 1. The number of pyridine rings is 1. The number of nitrogens with zero attached hydrogens (tertiary/aromatic N) is 1. The molecule has 0 amide bonds. The first-order valence-electron chi connectivity index (χ1n) is 11.8. The molecule has 2 N–H and O–H groups in total. The molecule has 2 aromatic carbocycles. The van der Waals surface area contributed by atoms with Crippen molar-refractivity contribution in [2.45, 2.75) is 38.8 Å². The Morgan fingerprint density at radius 2 is 1.57 bits per heavy atom. The highest BCUT2D eigenvalue weighted by molar-refractivity contribution is 9.10. The molecule has 1 atom stereocenters. The van der Waals surface area contributed by atoms with Crippen LogP contribution in [0.3, 0.4) is 0 Å². The highest BCUT2D eigenvalue weighted by Gasteiger charge is 2.27. The van der Waals surface area contributed by atoms with Crippen LogP contribution in [0.1, 0.15) is 36.7 Å². The quantitative estimate of drug-likeness (QED) is 0.325. The van der Waals surface area contributed by atoms with Crippen LogP contribution in [0.25, 0.3) is 21.9 Å². The summed E-state index contributed by atoms with van der Waals surface area (Å²) < 4.78 is 29.2. The molecule has 0 saturated carbocycles. The number of aromatic nitrogens is 1. The van der Waals surface area contributed by atoms with E-state index in [9.17, 15) is 9.59 Å². The SMILES string of the molecule is CCCCC(N)Cn1c(C(=O)OC)c(-c2cc(Br)c(OC)c(OC)c2)c2cc(OC)c(OC)cc2c1=O. The Morgan fingerprint density at radius 1 is 0.946 bits per heavy atom. The number of ether oxygens (including phenoxy) is 5. The van der Waals surface area contributed by atoms with Crippen LogP contribution in [0.2, 0.25) is 0 Å². The summed E-state index contributed by atoms with van der Waals surface area (Å²) in [7, 11) is 7.34. The Hall–Kier alpha value is -3.24. The Bertz CT molecular complexity index is 1350. The number of halogens is 1. The van der Waals surface area contributed by atoms with Gasteiger partial charge in [0.2, 0.25) is 0 Å². The van der Waals surface area contributed by atoms with Crippen molar-refractivity contribution in [2.24, 2.45) is 5.73 Å². The van der Waals surface area contributed by atoms with Crippen molar-refractivity contribution in [1.29, 1.82) is 0 Å². The van der Waals surface area contributed by atoms with Gasteiger partial charge in [0.05, 0.1) is 45.4 Å². The van der Waals surface area contributed by atoms with Crippen molar-refractivity contribution in [3.8, 4) is 34.1 Å². The van der Waals surface area contributed by atoms with Gasteiger partial charge in [0.1, 0.15) is 5.69 Å². The molecule has 200 valence electrons. The van der Waals surface area contributed by atoms with Crippen molar-refractivity contribution in [2.75, 3.05) is 35.5 Å². The maximum atomic E-state index is 13.9. The average molecular weight is 577 g/mol. The van der Waals surface area contributed by atoms with E-state index in [0.717, 1.165) is 12.8 Å². The lowest BCUT2D eigenvalue weighted by Crippen LogP contribution is -2.36. The number of carbonyl (C=O) groups is 1. The maximum Gasteiger partial charge on any atom is 0.355 e. The highest BCUT2D eigenvalue weighted by Crippen LogP contribution is 2.43. The minimum Gasteiger partial charge on any atom is -0.493 e. The van der Waals surface area contributed by atoms with E-state index in [1.54, 1.807) is 24.3 Å². The second-order valence-electron chi connectivity index (χ2n) is 8.48. The summed E-state index contributed by atoms with van der Waals surface area (Å²) in [4.78, 5) is 27.2. The van der Waals surface area contributed by atoms with E-state index in [4.69, 9.17) is 29.4 Å². The highest BCUT2D eigenvalue weighted by atomic mass is 79.9. The predicted molar refractivity (Wildman–Crippen MR) is 146 cm³/mol. The minimum atomic E-state index is -0.669. The van der Waals surface area contributed by atoms with Crippen molar-refractivity contribution >= 4 is 32.7 Å². The van der Waals surface area contributed by atoms with E-state index in [-0.39, 0.29) is 23.8 Å². The standard InChI is InChI=1S/C27H33BrN2O7/c1-7-8-9-16(29)14-30-24(27(32)37-6)23(15-10-19(28)25(36-5)22(11-15)35-4)17-12-20(33-2)21(34-3)13-18(17)26(30)31/h10-13,16H,7-9,14,29H2,1-6H3. The summed E-state index contributed by atoms with van der Waals surface area (Å²) in [5.41, 5.74) is 7.17. The fourth-order valence-corrected chi connectivity index (χ4v) is 5.01. The Kier molecular flexibility index (Phi) is 9.45. The summed E-state index contributed by atoms with van der Waals surface area (Å²) in [6.45, 7) is 2.20. The van der Waals surface area contributed by atoms with E-state index in [2.05, 4.69) is 22.9 Å². The second kappa shape index (κ2) is 12.3. The van der Waals surface area contributed by atoms with E-state index >= 15 is 0 Å². The number of carbonyl (C=O) groups excluding carboxylic acids is 1. The van der Waals surface area contributed by atoms with Gasteiger partial charge >= 0.3 is 5.97 Å². The van der Waals surface area contributed by atoms with Crippen molar-refractivity contribution in [3.63, 3.8) is 0 Å². The predicted octanol–water partition coefficient (Wildman–Crippen LogP) is 4.77. The van der Waals surface area contributed by atoms with Crippen molar-refractivity contribution in [3.05, 3.63) is 44.8 Å². The van der Waals surface area contributed by atoms with Gasteiger partial charge in [-0.05, 0) is 52.2 Å². The molecule has 0 bridgehead atoms. The van der Waals surface area contributed by atoms with Crippen LogP contribution in [-0.2, 0) is 11.3 Å². The molecule has 0 fully saturated rings. The fourth-order valence-electron chi connectivity index (χ4n) is 4.40. The second-order valence-corrected chi connectivity index (χ2v) is 9.33. The van der Waals surface area contributed by atoms with Gasteiger partial charge in [-0.2, -0.15) is 0 Å². The molecule has 0 spiro atoms. The van der Waals surface area contributed by atoms with E-state index in [1.165, 1.54) is 40.1 Å². The molecule has 0 saturated heterocycles. The Labute approximate surface area is 224 Å². The molecule has 3 aromatic rings. The normalized spacial score (nSPS) is 11.8. The van der Waals surface area contributed by atoms with Crippen LogP contribution < -0.4 is 30.2 Å². The number of hydrogen-bond acceptors (Lipinski definition) is 8. The van der Waals surface area contributed by atoms with Crippen molar-refractivity contribution < 1.29 is 28.5 Å². The molecule has 0 aliphatic heterocycles. The first kappa shape index (κ1) is 28.3. The van der Waals surface area contributed by atoms with Crippen molar-refractivity contribution in [1.82, 2.24) is 4.57 Å². The number of fused-ring (bicyclic) bond motifs is 1. The van der Waals surface area contributed by atoms with Crippen LogP contribution in [-0.4, -0.2) is 52.1 Å². The average Bonchev–Trinajstić information content (AvgIpc) is 2.91. The van der Waals surface area contributed by atoms with Crippen LogP contribution in [0.4, 0.5) is 0 Å². The molecule has 10 heteroatoms. The molecule has 0 aliphatic carbocycles. The largest absolute Gasteiger partial charge is 0.493 e. The van der Waals surface area contributed by atoms with Crippen LogP contribution in [0.5, 0.6) is 23.0 Å². The first-order valence-corrected chi connectivity index (χ1v) is 12.6. The number of esters is 1. The van der Waals surface area contributed by atoms with Gasteiger partial charge in [-0.15, -0.1) is 0 Å². The van der Waals surface area contributed by atoms with E-state index in [0.29, 0.717) is 55.8 Å². The molecule has 9 nitrogen and oxygen atoms in total. The van der Waals surface area contributed by atoms with Crippen LogP contribution in [0, 0.1) is 0 Å². The summed E-state index contributed by atoms with van der Waals surface area (Å²) in [6, 6.07) is 6.50. The molecule has 3 rings (SSSR count). The lowest BCUT2D eigenvalue weighted by molar-refractivity contribution is 0.0587. The maximum absolute atomic E-state index is 13.9. The smallest absolute Gasteiger partial charge is 0.355 e. The third-order valence-electron chi connectivity index (χ3n) is 6.22. The molecular formula is C27H33BrN2O7. The molecule has 1 unspecified atom stereocenters. The van der Waals surface area contributed by atoms with Gasteiger partial charge in [0, 0.05) is 23.5 Å². The van der Waals surface area contributed by atoms with E-state index < -0.39 is 5.97 Å². The fraction of sp³-hybridized carbons (Fsp3) is 0.407. The van der Waals surface area contributed by atoms with E-state index in [1.807, 2.05) is 0 Å². The first-order chi connectivity index (χ1) is 17.8. The number of hydrogen-bond donors (Lipinski definition) is 1. The Morgan fingerprint density at radius 3 is 2.11 bits per heavy atom. The van der Waals surface area contributed by atoms with Gasteiger partial charge in [0.25, 0.3) is 5.56 Å². The summed E-state index contributed by atoms with van der Waals surface area (Å²) in [5.74, 6) is 1.05. The summed E-state index contributed by atoms with van der Waals surface area (Å²) in [6.07, 6.45) is 2.56. The minimum absolute atomic E-state index is 0.0817. The third-order valence-corrected chi connectivity index (χ3v) is 6.81. The van der Waals surface area contributed by atoms with Gasteiger partial charge in [-0.3, -0.25) is 9.36 Å². The number of methoxy groups -OCH3 is 5. The topological polar surface area (TPSA) is 111 Å². The lowest BCUT2D eigenvalue weighted by Gasteiger charge is -2.22. The number of unbranched alkanes of at least 4 members (excludes halogenated alkanes) is 1. The third kappa shape index (κ3) is 5.55. The molecule has 1 aromatic heterocycles. The molecule has 0 aliphatic rings. The molecular weight excluding hydrogens is 544 g/mol. The zero-order valence-electron chi connectivity index (χ0n) is 22.0. The molecule has 0 radical (unpaired) electrons.